The molecule has 2 aliphatic rings. The molecular formula is C67H125NO13. The van der Waals surface area contributed by atoms with Gasteiger partial charge in [-0.3, -0.25) is 4.79 Å². The first-order valence-corrected chi connectivity index (χ1v) is 33.7. The van der Waals surface area contributed by atoms with E-state index in [4.69, 9.17) is 18.9 Å². The van der Waals surface area contributed by atoms with Gasteiger partial charge in [0, 0.05) is 6.42 Å². The molecule has 2 saturated heterocycles. The molecule has 12 atom stereocenters. The van der Waals surface area contributed by atoms with Gasteiger partial charge in [0.25, 0.3) is 0 Å². The second-order valence-electron chi connectivity index (χ2n) is 24.0. The van der Waals surface area contributed by atoms with Gasteiger partial charge in [0.15, 0.2) is 12.6 Å². The Morgan fingerprint density at radius 3 is 1.25 bits per heavy atom. The van der Waals surface area contributed by atoms with Crippen LogP contribution >= 0.6 is 0 Å². The smallest absolute Gasteiger partial charge is 0.220 e. The van der Waals surface area contributed by atoms with Gasteiger partial charge < -0.3 is 65.1 Å². The molecule has 14 nitrogen and oxygen atoms in total. The number of aliphatic hydroxyl groups excluding tert-OH is 8. The lowest BCUT2D eigenvalue weighted by Crippen LogP contribution is -2.65. The molecule has 2 aliphatic heterocycles. The average molecular weight is 1150 g/mol. The molecule has 476 valence electrons. The van der Waals surface area contributed by atoms with Crippen LogP contribution in [0, 0.1) is 0 Å². The second kappa shape index (κ2) is 52.5. The number of amides is 1. The molecule has 14 heteroatoms. The minimum absolute atomic E-state index is 0.205. The zero-order valence-electron chi connectivity index (χ0n) is 51.5. The van der Waals surface area contributed by atoms with E-state index < -0.39 is 86.8 Å². The van der Waals surface area contributed by atoms with Crippen LogP contribution in [-0.4, -0.2) is 140 Å². The zero-order valence-corrected chi connectivity index (χ0v) is 51.5. The Labute approximate surface area is 493 Å². The fraction of sp³-hybridized carbons (Fsp3) is 0.896. The Morgan fingerprint density at radius 1 is 0.444 bits per heavy atom. The zero-order chi connectivity index (χ0) is 58.8. The van der Waals surface area contributed by atoms with Crippen LogP contribution in [0.15, 0.2) is 36.5 Å². The number of rotatable bonds is 55. The third-order valence-electron chi connectivity index (χ3n) is 16.6. The van der Waals surface area contributed by atoms with Crippen molar-refractivity contribution >= 4 is 5.91 Å². The molecule has 0 aromatic carbocycles. The third-order valence-corrected chi connectivity index (χ3v) is 16.6. The highest BCUT2D eigenvalue weighted by Crippen LogP contribution is 2.30. The summed E-state index contributed by atoms with van der Waals surface area (Å²) in [5.74, 6) is -0.205. The highest BCUT2D eigenvalue weighted by molar-refractivity contribution is 5.76. The fourth-order valence-electron chi connectivity index (χ4n) is 11.2. The van der Waals surface area contributed by atoms with Crippen molar-refractivity contribution in [2.75, 3.05) is 19.8 Å². The van der Waals surface area contributed by atoms with Crippen molar-refractivity contribution in [2.24, 2.45) is 0 Å². The lowest BCUT2D eigenvalue weighted by atomic mass is 9.97. The molecule has 0 aliphatic carbocycles. The van der Waals surface area contributed by atoms with E-state index in [1.807, 2.05) is 0 Å². The highest BCUT2D eigenvalue weighted by Gasteiger charge is 2.51. The SMILES string of the molecule is CCCCCCC/C=C\C/C=C\C/C=C\CCCCCCCCCCCCCCCCCCCCCCCCCCC(=O)NC(COC1OC(CO)C(OC2OC(CO)C(O)C(O)C2O)C(O)C1O)C(O)CCCCCCCCCC. The van der Waals surface area contributed by atoms with Crippen LogP contribution in [0.2, 0.25) is 0 Å². The summed E-state index contributed by atoms with van der Waals surface area (Å²) in [5, 5.41) is 87.0. The Morgan fingerprint density at radius 2 is 0.815 bits per heavy atom. The Bertz CT molecular complexity index is 1500. The van der Waals surface area contributed by atoms with Crippen LogP contribution in [0.1, 0.15) is 290 Å². The summed E-state index contributed by atoms with van der Waals surface area (Å²) in [6, 6.07) is -0.824. The number of aliphatic hydroxyl groups is 8. The third kappa shape index (κ3) is 37.4. The highest BCUT2D eigenvalue weighted by atomic mass is 16.7. The van der Waals surface area contributed by atoms with Gasteiger partial charge in [-0.05, 0) is 51.4 Å². The molecule has 0 bridgehead atoms. The molecule has 2 heterocycles. The summed E-state index contributed by atoms with van der Waals surface area (Å²) in [6.45, 7) is 2.82. The first kappa shape index (κ1) is 75.3. The van der Waals surface area contributed by atoms with Crippen LogP contribution < -0.4 is 5.32 Å². The Hall–Kier alpha value is -1.79. The molecular weight excluding hydrogens is 1030 g/mol. The van der Waals surface area contributed by atoms with Crippen molar-refractivity contribution in [2.45, 2.75) is 364 Å². The van der Waals surface area contributed by atoms with Gasteiger partial charge in [-0.1, -0.05) is 269 Å². The first-order valence-electron chi connectivity index (χ1n) is 33.7. The van der Waals surface area contributed by atoms with Crippen LogP contribution in [0.4, 0.5) is 0 Å². The van der Waals surface area contributed by atoms with Crippen LogP contribution in [0.3, 0.4) is 0 Å². The largest absolute Gasteiger partial charge is 0.394 e. The van der Waals surface area contributed by atoms with E-state index in [0.717, 1.165) is 64.2 Å². The van der Waals surface area contributed by atoms with Gasteiger partial charge in [-0.15, -0.1) is 0 Å². The molecule has 1 amide bonds. The van der Waals surface area contributed by atoms with Gasteiger partial charge >= 0.3 is 0 Å². The predicted molar refractivity (Wildman–Crippen MR) is 328 cm³/mol. The maximum absolute atomic E-state index is 13.2. The molecule has 0 aromatic heterocycles. The van der Waals surface area contributed by atoms with E-state index >= 15 is 0 Å². The summed E-state index contributed by atoms with van der Waals surface area (Å²) in [6.07, 6.45) is 49.4. The molecule has 0 saturated carbocycles. The number of hydrogen-bond acceptors (Lipinski definition) is 13. The summed E-state index contributed by atoms with van der Waals surface area (Å²) < 4.78 is 22.8. The molecule has 0 radical (unpaired) electrons. The second-order valence-corrected chi connectivity index (χ2v) is 24.0. The van der Waals surface area contributed by atoms with E-state index in [1.165, 1.54) is 199 Å². The van der Waals surface area contributed by atoms with Gasteiger partial charge in [-0.25, -0.2) is 0 Å². The number of unbranched alkanes of at least 4 members (excludes halogenated alkanes) is 36. The Balaban J connectivity index is 1.50. The van der Waals surface area contributed by atoms with Crippen molar-refractivity contribution in [3.05, 3.63) is 36.5 Å². The monoisotopic (exact) mass is 1150 g/mol. The number of allylic oxidation sites excluding steroid dienone is 6. The molecule has 0 aromatic rings. The molecule has 0 spiro atoms. The minimum atomic E-state index is -1.78. The number of nitrogens with one attached hydrogen (secondary N) is 1. The molecule has 12 unspecified atom stereocenters. The van der Waals surface area contributed by atoms with E-state index in [-0.39, 0.29) is 12.5 Å². The average Bonchev–Trinajstić information content (AvgIpc) is 3.51. The van der Waals surface area contributed by atoms with Crippen molar-refractivity contribution in [3.63, 3.8) is 0 Å². The van der Waals surface area contributed by atoms with E-state index in [0.29, 0.717) is 12.8 Å². The normalized spacial score (nSPS) is 24.3. The minimum Gasteiger partial charge on any atom is -0.394 e. The molecule has 9 N–H and O–H groups in total. The summed E-state index contributed by atoms with van der Waals surface area (Å²) in [4.78, 5) is 13.2. The fourth-order valence-corrected chi connectivity index (χ4v) is 11.2. The molecule has 2 fully saturated rings. The van der Waals surface area contributed by atoms with Crippen molar-refractivity contribution in [1.82, 2.24) is 5.32 Å². The maximum atomic E-state index is 13.2. The van der Waals surface area contributed by atoms with Gasteiger partial charge in [0.1, 0.15) is 48.8 Å². The summed E-state index contributed by atoms with van der Waals surface area (Å²) >= 11 is 0. The lowest BCUT2D eigenvalue weighted by molar-refractivity contribution is -0.359. The number of carbonyl (C=O) groups is 1. The van der Waals surface area contributed by atoms with E-state index in [9.17, 15) is 45.6 Å². The number of carbonyl (C=O) groups excluding carboxylic acids is 1. The van der Waals surface area contributed by atoms with Crippen molar-refractivity contribution < 1.29 is 64.6 Å². The maximum Gasteiger partial charge on any atom is 0.220 e. The lowest BCUT2D eigenvalue weighted by Gasteiger charge is -2.46. The summed E-state index contributed by atoms with van der Waals surface area (Å²) in [5.41, 5.74) is 0. The van der Waals surface area contributed by atoms with Gasteiger partial charge in [0.05, 0.1) is 32.0 Å². The van der Waals surface area contributed by atoms with Crippen molar-refractivity contribution in [1.29, 1.82) is 0 Å². The standard InChI is InChI=1S/C67H125NO13/c1-3-5-7-9-11-13-14-15-16-17-18-19-20-21-22-23-24-25-26-27-28-29-30-31-32-33-34-35-36-37-38-39-40-41-42-43-45-47-49-51-59(72)68-55(56(71)50-48-46-44-12-10-8-6-4-2)54-78-66-64(77)62(75)65(58(53-70)80-66)81-67-63(76)61(74)60(73)57(52-69)79-67/h14-15,17-18,20-21,55-58,60-67,69-71,73-77H,3-13,16,19,22-54H2,1-2H3,(H,68,72)/b15-14-,18-17-,21-20-. The summed E-state index contributed by atoms with van der Waals surface area (Å²) in [7, 11) is 0. The number of ether oxygens (including phenoxy) is 4. The quantitative estimate of drug-likeness (QED) is 0.0204. The Kier molecular flexibility index (Phi) is 48.8. The van der Waals surface area contributed by atoms with Crippen LogP contribution in [0.5, 0.6) is 0 Å². The van der Waals surface area contributed by atoms with Crippen LogP contribution in [0.25, 0.3) is 0 Å². The molecule has 81 heavy (non-hydrogen) atoms. The van der Waals surface area contributed by atoms with Gasteiger partial charge in [0.2, 0.25) is 5.91 Å². The topological polar surface area (TPSA) is 228 Å². The number of hydrogen-bond donors (Lipinski definition) is 9. The van der Waals surface area contributed by atoms with E-state index in [2.05, 4.69) is 55.6 Å². The van der Waals surface area contributed by atoms with E-state index in [1.54, 1.807) is 0 Å². The first-order chi connectivity index (χ1) is 39.6. The molecule has 2 rings (SSSR count). The van der Waals surface area contributed by atoms with Crippen molar-refractivity contribution in [3.8, 4) is 0 Å². The van der Waals surface area contributed by atoms with Crippen LogP contribution in [-0.2, 0) is 23.7 Å². The predicted octanol–water partition coefficient (Wildman–Crippen LogP) is 13.0. The van der Waals surface area contributed by atoms with Gasteiger partial charge in [-0.2, -0.15) is 0 Å².